The van der Waals surface area contributed by atoms with Gasteiger partial charge >= 0.3 is 0 Å². The van der Waals surface area contributed by atoms with Gasteiger partial charge in [-0.3, -0.25) is 9.59 Å². The smallest absolute Gasteiger partial charge is 0.264 e. The summed E-state index contributed by atoms with van der Waals surface area (Å²) in [6.07, 6.45) is 1.75. The fourth-order valence-corrected chi connectivity index (χ4v) is 3.05. The van der Waals surface area contributed by atoms with Crippen molar-refractivity contribution in [2.45, 2.75) is 18.7 Å². The Kier molecular flexibility index (Phi) is 5.71. The second kappa shape index (κ2) is 7.76. The molecule has 2 N–H and O–H groups in total. The van der Waals surface area contributed by atoms with Gasteiger partial charge in [-0.2, -0.15) is 0 Å². The minimum Gasteiger partial charge on any atom is -0.322 e. The van der Waals surface area contributed by atoms with Crippen LogP contribution < -0.4 is 10.0 Å². The zero-order valence-corrected chi connectivity index (χ0v) is 14.6. The highest BCUT2D eigenvalue weighted by atomic mass is 32.2. The van der Waals surface area contributed by atoms with Crippen LogP contribution in [0.4, 0.5) is 5.69 Å². The molecule has 0 heterocycles. The van der Waals surface area contributed by atoms with Crippen molar-refractivity contribution in [1.29, 1.82) is 0 Å². The summed E-state index contributed by atoms with van der Waals surface area (Å²) < 4.78 is 25.6. The van der Waals surface area contributed by atoms with Crippen LogP contribution in [0.3, 0.4) is 0 Å². The Morgan fingerprint density at radius 2 is 1.52 bits per heavy atom. The lowest BCUT2D eigenvalue weighted by Gasteiger charge is -2.08. The third kappa shape index (κ3) is 5.29. The van der Waals surface area contributed by atoms with Crippen LogP contribution in [-0.2, 0) is 19.6 Å². The molecule has 0 saturated heterocycles. The quantitative estimate of drug-likeness (QED) is 0.804. The summed E-state index contributed by atoms with van der Waals surface area (Å²) >= 11 is 0. The maximum absolute atomic E-state index is 12.2. The van der Waals surface area contributed by atoms with Crippen molar-refractivity contribution >= 4 is 33.6 Å². The molecule has 0 spiro atoms. The number of rotatable bonds is 5. The maximum Gasteiger partial charge on any atom is 0.264 e. The van der Waals surface area contributed by atoms with Gasteiger partial charge < -0.3 is 5.32 Å². The first-order valence-electron chi connectivity index (χ1n) is 7.46. The predicted octanol–water partition coefficient (Wildman–Crippen LogP) is 2.55. The Bertz CT molecular complexity index is 902. The van der Waals surface area contributed by atoms with Gasteiger partial charge in [0, 0.05) is 18.2 Å². The van der Waals surface area contributed by atoms with E-state index in [1.165, 1.54) is 24.3 Å². The number of nitrogens with one attached hydrogen (secondary N) is 2. The normalized spacial score (nSPS) is 11.7. The van der Waals surface area contributed by atoms with Gasteiger partial charge in [0.05, 0.1) is 4.90 Å². The summed E-state index contributed by atoms with van der Waals surface area (Å²) in [6.45, 7) is 2.81. The first-order chi connectivity index (χ1) is 11.8. The van der Waals surface area contributed by atoms with Crippen LogP contribution in [-0.4, -0.2) is 20.2 Å². The average molecular weight is 358 g/mol. The van der Waals surface area contributed by atoms with E-state index in [0.29, 0.717) is 11.3 Å². The van der Waals surface area contributed by atoms with Gasteiger partial charge in [0.2, 0.25) is 5.91 Å². The zero-order chi connectivity index (χ0) is 18.4. The molecule has 130 valence electrons. The van der Waals surface area contributed by atoms with Crippen molar-refractivity contribution in [3.05, 3.63) is 65.7 Å². The number of carbonyl (C=O) groups is 2. The molecule has 0 bridgehead atoms. The lowest BCUT2D eigenvalue weighted by molar-refractivity contribution is -0.117. The Morgan fingerprint density at radius 3 is 2.08 bits per heavy atom. The van der Waals surface area contributed by atoms with Crippen LogP contribution >= 0.6 is 0 Å². The molecule has 2 rings (SSSR count). The Hall–Kier alpha value is -2.93. The van der Waals surface area contributed by atoms with Crippen molar-refractivity contribution in [3.63, 3.8) is 0 Å². The van der Waals surface area contributed by atoms with Gasteiger partial charge in [-0.25, -0.2) is 13.1 Å². The highest BCUT2D eigenvalue weighted by molar-refractivity contribution is 7.90. The largest absolute Gasteiger partial charge is 0.322 e. The van der Waals surface area contributed by atoms with Crippen molar-refractivity contribution in [2.75, 3.05) is 5.32 Å². The van der Waals surface area contributed by atoms with Gasteiger partial charge in [0.15, 0.2) is 0 Å². The predicted molar refractivity (Wildman–Crippen MR) is 96.2 cm³/mol. The van der Waals surface area contributed by atoms with Gasteiger partial charge in [0.25, 0.3) is 15.9 Å². The van der Waals surface area contributed by atoms with Gasteiger partial charge in [-0.15, -0.1) is 0 Å². The minimum atomic E-state index is -3.89. The Balaban J connectivity index is 2.09. The van der Waals surface area contributed by atoms with Crippen molar-refractivity contribution < 1.29 is 18.0 Å². The number of hydrogen-bond acceptors (Lipinski definition) is 4. The number of sulfonamides is 1. The van der Waals surface area contributed by atoms with E-state index in [0.717, 1.165) is 12.5 Å². The summed E-state index contributed by atoms with van der Waals surface area (Å²) in [5.74, 6) is -0.958. The van der Waals surface area contributed by atoms with Crippen LogP contribution in [0.25, 0.3) is 6.08 Å². The third-order valence-corrected chi connectivity index (χ3v) is 4.69. The lowest BCUT2D eigenvalue weighted by atomic mass is 10.1. The summed E-state index contributed by atoms with van der Waals surface area (Å²) in [7, 11) is -3.89. The molecule has 7 heteroatoms. The Labute approximate surface area is 146 Å². The van der Waals surface area contributed by atoms with E-state index in [9.17, 15) is 18.0 Å². The molecule has 0 fully saturated rings. The average Bonchev–Trinajstić information content (AvgIpc) is 2.55. The molecule has 2 amide bonds. The Morgan fingerprint density at radius 1 is 0.920 bits per heavy atom. The standard InChI is InChI=1S/C18H18N2O4S/c1-13(12-15-6-4-3-5-7-15)18(22)19-16-8-10-17(11-9-16)25(23,24)20-14(2)21/h3-12H,1-2H3,(H,19,22)(H,20,21). The van der Waals surface area contributed by atoms with Crippen LogP contribution in [0, 0.1) is 0 Å². The molecular weight excluding hydrogens is 340 g/mol. The molecule has 2 aromatic rings. The molecule has 6 nitrogen and oxygen atoms in total. The monoisotopic (exact) mass is 358 g/mol. The molecule has 25 heavy (non-hydrogen) atoms. The van der Waals surface area contributed by atoms with E-state index in [-0.39, 0.29) is 10.8 Å². The van der Waals surface area contributed by atoms with Crippen molar-refractivity contribution in [1.82, 2.24) is 4.72 Å². The summed E-state index contributed by atoms with van der Waals surface area (Å²) in [4.78, 5) is 23.0. The number of anilines is 1. The minimum absolute atomic E-state index is 0.0581. The molecule has 0 aliphatic carbocycles. The zero-order valence-electron chi connectivity index (χ0n) is 13.8. The van der Waals surface area contributed by atoms with E-state index >= 15 is 0 Å². The van der Waals surface area contributed by atoms with Crippen LogP contribution in [0.5, 0.6) is 0 Å². The van der Waals surface area contributed by atoms with E-state index in [1.807, 2.05) is 35.1 Å². The van der Waals surface area contributed by atoms with Crippen LogP contribution in [0.15, 0.2) is 65.1 Å². The molecule has 0 unspecified atom stereocenters. The SMILES string of the molecule is CC(=O)NS(=O)(=O)c1ccc(NC(=O)C(C)=Cc2ccccc2)cc1. The number of benzene rings is 2. The maximum atomic E-state index is 12.2. The molecule has 0 saturated carbocycles. The van der Waals surface area contributed by atoms with E-state index in [1.54, 1.807) is 13.0 Å². The molecule has 0 aromatic heterocycles. The topological polar surface area (TPSA) is 92.3 Å². The van der Waals surface area contributed by atoms with E-state index in [2.05, 4.69) is 5.32 Å². The van der Waals surface area contributed by atoms with Gasteiger partial charge in [-0.05, 0) is 42.8 Å². The summed E-state index contributed by atoms with van der Waals surface area (Å²) in [6, 6.07) is 15.0. The van der Waals surface area contributed by atoms with Gasteiger partial charge in [0.1, 0.15) is 0 Å². The molecule has 0 aliphatic rings. The number of carbonyl (C=O) groups excluding carboxylic acids is 2. The number of amides is 2. The third-order valence-electron chi connectivity index (χ3n) is 3.24. The molecule has 2 aromatic carbocycles. The molecular formula is C18H18N2O4S. The first-order valence-corrected chi connectivity index (χ1v) is 8.94. The first kappa shape index (κ1) is 18.4. The summed E-state index contributed by atoms with van der Waals surface area (Å²) in [5.41, 5.74) is 1.88. The highest BCUT2D eigenvalue weighted by Crippen LogP contribution is 2.15. The van der Waals surface area contributed by atoms with Gasteiger partial charge in [-0.1, -0.05) is 30.3 Å². The molecule has 0 aliphatic heterocycles. The second-order valence-corrected chi connectivity index (χ2v) is 7.06. The van der Waals surface area contributed by atoms with Crippen molar-refractivity contribution in [2.24, 2.45) is 0 Å². The van der Waals surface area contributed by atoms with E-state index in [4.69, 9.17) is 0 Å². The van der Waals surface area contributed by atoms with E-state index < -0.39 is 15.9 Å². The lowest BCUT2D eigenvalue weighted by Crippen LogP contribution is -2.28. The second-order valence-electron chi connectivity index (χ2n) is 5.38. The fourth-order valence-electron chi connectivity index (χ4n) is 2.06. The van der Waals surface area contributed by atoms with Crippen LogP contribution in [0.1, 0.15) is 19.4 Å². The highest BCUT2D eigenvalue weighted by Gasteiger charge is 2.15. The summed E-state index contributed by atoms with van der Waals surface area (Å²) in [5, 5.41) is 2.69. The van der Waals surface area contributed by atoms with Crippen molar-refractivity contribution in [3.8, 4) is 0 Å². The number of hydrogen-bond donors (Lipinski definition) is 2. The molecule has 0 radical (unpaired) electrons. The molecule has 0 atom stereocenters. The fraction of sp³-hybridized carbons (Fsp3) is 0.111. The van der Waals surface area contributed by atoms with Crippen LogP contribution in [0.2, 0.25) is 0 Å².